The van der Waals surface area contributed by atoms with Crippen LogP contribution in [-0.4, -0.2) is 23.2 Å². The van der Waals surface area contributed by atoms with Gasteiger partial charge in [0.05, 0.1) is 11.9 Å². The molecule has 0 saturated carbocycles. The number of ether oxygens (including phenoxy) is 1. The summed E-state index contributed by atoms with van der Waals surface area (Å²) in [6, 6.07) is 3.43. The first-order valence-corrected chi connectivity index (χ1v) is 6.05. The van der Waals surface area contributed by atoms with Crippen molar-refractivity contribution in [2.75, 3.05) is 17.2 Å². The zero-order valence-corrected chi connectivity index (χ0v) is 11.4. The van der Waals surface area contributed by atoms with Gasteiger partial charge in [0.2, 0.25) is 0 Å². The van der Waals surface area contributed by atoms with E-state index in [0.29, 0.717) is 18.1 Å². The van der Waals surface area contributed by atoms with Crippen molar-refractivity contribution in [3.63, 3.8) is 0 Å². The zero-order valence-electron chi connectivity index (χ0n) is 11.4. The minimum atomic E-state index is -0.510. The van der Waals surface area contributed by atoms with Crippen LogP contribution in [0.5, 0.6) is 0 Å². The highest BCUT2D eigenvalue weighted by atomic mass is 16.6. The summed E-state index contributed by atoms with van der Waals surface area (Å²) in [6.45, 7) is 8.12. The Balaban J connectivity index is 2.88. The molecule has 100 valence electrons. The highest BCUT2D eigenvalue weighted by Gasteiger charge is 2.22. The molecule has 0 spiro atoms. The largest absolute Gasteiger partial charge is 0.443 e. The quantitative estimate of drug-likeness (QED) is 0.896. The summed E-state index contributed by atoms with van der Waals surface area (Å²) in [7, 11) is 0. The Bertz CT molecular complexity index is 396. The van der Waals surface area contributed by atoms with Crippen molar-refractivity contribution in [3.8, 4) is 0 Å². The lowest BCUT2D eigenvalue weighted by molar-refractivity contribution is 0.0580. The van der Waals surface area contributed by atoms with Crippen LogP contribution in [0.2, 0.25) is 0 Å². The van der Waals surface area contributed by atoms with E-state index >= 15 is 0 Å². The second kappa shape index (κ2) is 5.71. The molecule has 18 heavy (non-hydrogen) atoms. The van der Waals surface area contributed by atoms with E-state index in [4.69, 9.17) is 10.5 Å². The molecule has 0 radical (unpaired) electrons. The van der Waals surface area contributed by atoms with Crippen molar-refractivity contribution in [1.82, 2.24) is 4.98 Å². The Hall–Kier alpha value is -1.78. The summed E-state index contributed by atoms with van der Waals surface area (Å²) in [5.74, 6) is 0.430. The second-order valence-corrected chi connectivity index (χ2v) is 5.07. The smallest absolute Gasteiger partial charge is 0.414 e. The van der Waals surface area contributed by atoms with Gasteiger partial charge in [-0.3, -0.25) is 4.90 Å². The maximum Gasteiger partial charge on any atom is 0.414 e. The number of rotatable bonds is 3. The van der Waals surface area contributed by atoms with E-state index < -0.39 is 5.60 Å². The van der Waals surface area contributed by atoms with E-state index in [2.05, 4.69) is 4.98 Å². The summed E-state index contributed by atoms with van der Waals surface area (Å²) >= 11 is 0. The fraction of sp³-hybridized carbons (Fsp3) is 0.538. The highest BCUT2D eigenvalue weighted by Crippen LogP contribution is 2.18. The molecule has 2 N–H and O–H groups in total. The van der Waals surface area contributed by atoms with E-state index in [9.17, 15) is 4.79 Å². The molecule has 5 heteroatoms. The van der Waals surface area contributed by atoms with Gasteiger partial charge in [-0.1, -0.05) is 6.92 Å². The third-order valence-corrected chi connectivity index (χ3v) is 2.14. The monoisotopic (exact) mass is 251 g/mol. The molecule has 0 aromatic carbocycles. The summed E-state index contributed by atoms with van der Waals surface area (Å²) < 4.78 is 5.37. The van der Waals surface area contributed by atoms with Crippen molar-refractivity contribution in [2.24, 2.45) is 0 Å². The van der Waals surface area contributed by atoms with Gasteiger partial charge in [0.1, 0.15) is 11.4 Å². The van der Waals surface area contributed by atoms with Crippen molar-refractivity contribution < 1.29 is 9.53 Å². The van der Waals surface area contributed by atoms with Gasteiger partial charge < -0.3 is 10.5 Å². The molecule has 0 aliphatic heterocycles. The first-order chi connectivity index (χ1) is 8.33. The Kier molecular flexibility index (Phi) is 4.53. The molecule has 0 fully saturated rings. The molecule has 0 atom stereocenters. The fourth-order valence-corrected chi connectivity index (χ4v) is 1.42. The summed E-state index contributed by atoms with van der Waals surface area (Å²) in [6.07, 6.45) is 2.05. The number of aromatic nitrogens is 1. The molecule has 1 aromatic rings. The first-order valence-electron chi connectivity index (χ1n) is 6.05. The summed E-state index contributed by atoms with van der Waals surface area (Å²) in [5, 5.41) is 0. The molecule has 5 nitrogen and oxygen atoms in total. The fourth-order valence-electron chi connectivity index (χ4n) is 1.42. The maximum absolute atomic E-state index is 12.1. The average Bonchev–Trinajstić information content (AvgIpc) is 2.25. The van der Waals surface area contributed by atoms with Crippen molar-refractivity contribution in [3.05, 3.63) is 18.3 Å². The lowest BCUT2D eigenvalue weighted by Crippen LogP contribution is -2.37. The van der Waals surface area contributed by atoms with Gasteiger partial charge in [-0.15, -0.1) is 0 Å². The number of nitrogens with zero attached hydrogens (tertiary/aromatic N) is 2. The predicted octanol–water partition coefficient (Wildman–Crippen LogP) is 2.82. The third kappa shape index (κ3) is 4.24. The average molecular weight is 251 g/mol. The van der Waals surface area contributed by atoms with Gasteiger partial charge in [-0.25, -0.2) is 9.78 Å². The van der Waals surface area contributed by atoms with Crippen molar-refractivity contribution in [2.45, 2.75) is 39.7 Å². The van der Waals surface area contributed by atoms with Crippen LogP contribution in [0.4, 0.5) is 16.3 Å². The number of amides is 1. The minimum Gasteiger partial charge on any atom is -0.443 e. The van der Waals surface area contributed by atoms with Crippen LogP contribution in [0, 0.1) is 0 Å². The normalized spacial score (nSPS) is 11.1. The van der Waals surface area contributed by atoms with E-state index in [1.807, 2.05) is 27.7 Å². The molecular weight excluding hydrogens is 230 g/mol. The molecule has 0 aliphatic carbocycles. The second-order valence-electron chi connectivity index (χ2n) is 5.07. The van der Waals surface area contributed by atoms with Crippen LogP contribution in [0.15, 0.2) is 18.3 Å². The minimum absolute atomic E-state index is 0.365. The Labute approximate surface area is 108 Å². The van der Waals surface area contributed by atoms with Gasteiger partial charge in [0, 0.05) is 6.54 Å². The number of nitrogens with two attached hydrogens (primary N) is 1. The number of pyridine rings is 1. The van der Waals surface area contributed by atoms with Gasteiger partial charge in [0.25, 0.3) is 0 Å². The van der Waals surface area contributed by atoms with Gasteiger partial charge in [-0.05, 0) is 39.3 Å². The summed E-state index contributed by atoms with van der Waals surface area (Å²) in [4.78, 5) is 17.6. The van der Waals surface area contributed by atoms with Crippen LogP contribution in [0.3, 0.4) is 0 Å². The number of hydrogen-bond acceptors (Lipinski definition) is 4. The third-order valence-electron chi connectivity index (χ3n) is 2.14. The van der Waals surface area contributed by atoms with Crippen molar-refractivity contribution in [1.29, 1.82) is 0 Å². The molecule has 1 aromatic heterocycles. The number of anilines is 2. The zero-order chi connectivity index (χ0) is 13.8. The van der Waals surface area contributed by atoms with Gasteiger partial charge >= 0.3 is 6.09 Å². The SMILES string of the molecule is CCCN(C(=O)OC(C)(C)C)c1ccc(N)nc1. The molecule has 0 aliphatic rings. The Morgan fingerprint density at radius 3 is 2.56 bits per heavy atom. The summed E-state index contributed by atoms with van der Waals surface area (Å²) in [5.41, 5.74) is 5.72. The van der Waals surface area contributed by atoms with Crippen molar-refractivity contribution >= 4 is 17.6 Å². The van der Waals surface area contributed by atoms with Gasteiger partial charge in [-0.2, -0.15) is 0 Å². The first kappa shape index (κ1) is 14.3. The lowest BCUT2D eigenvalue weighted by atomic mass is 10.2. The standard InChI is InChI=1S/C13H21N3O2/c1-5-8-16(12(17)18-13(2,3)4)10-6-7-11(14)15-9-10/h6-7,9H,5,8H2,1-4H3,(H2,14,15). The van der Waals surface area contributed by atoms with E-state index in [0.717, 1.165) is 6.42 Å². The molecule has 1 heterocycles. The number of carbonyl (C=O) groups is 1. The molecule has 0 saturated heterocycles. The Morgan fingerprint density at radius 1 is 1.44 bits per heavy atom. The Morgan fingerprint density at radius 2 is 2.11 bits per heavy atom. The number of hydrogen-bond donors (Lipinski definition) is 1. The van der Waals surface area contributed by atoms with Crippen LogP contribution >= 0.6 is 0 Å². The topological polar surface area (TPSA) is 68.5 Å². The van der Waals surface area contributed by atoms with E-state index in [1.54, 1.807) is 23.2 Å². The number of nitrogen functional groups attached to an aromatic ring is 1. The van der Waals surface area contributed by atoms with Crippen LogP contribution in [-0.2, 0) is 4.74 Å². The van der Waals surface area contributed by atoms with Crippen LogP contribution in [0.1, 0.15) is 34.1 Å². The highest BCUT2D eigenvalue weighted by molar-refractivity contribution is 5.87. The lowest BCUT2D eigenvalue weighted by Gasteiger charge is -2.27. The van der Waals surface area contributed by atoms with Gasteiger partial charge in [0.15, 0.2) is 0 Å². The molecule has 0 bridgehead atoms. The molecule has 1 rings (SSSR count). The van der Waals surface area contributed by atoms with E-state index in [1.165, 1.54) is 0 Å². The predicted molar refractivity (Wildman–Crippen MR) is 72.5 cm³/mol. The molecule has 1 amide bonds. The van der Waals surface area contributed by atoms with E-state index in [-0.39, 0.29) is 6.09 Å². The maximum atomic E-state index is 12.1. The molecule has 0 unspecified atom stereocenters. The number of carbonyl (C=O) groups excluding carboxylic acids is 1. The van der Waals surface area contributed by atoms with Crippen LogP contribution in [0.25, 0.3) is 0 Å². The molecular formula is C13H21N3O2. The van der Waals surface area contributed by atoms with Crippen LogP contribution < -0.4 is 10.6 Å².